The predicted molar refractivity (Wildman–Crippen MR) is 207 cm³/mol. The van der Waals surface area contributed by atoms with Crippen LogP contribution in [0, 0.1) is 52.2 Å². The monoisotopic (exact) mass is 1090 g/mol. The number of benzene rings is 3. The molecule has 0 unspecified atom stereocenters. The molecule has 0 amide bonds. The summed E-state index contributed by atoms with van der Waals surface area (Å²) >= 11 is 9.89. The number of ether oxygens (including phenoxy) is 2. The van der Waals surface area contributed by atoms with E-state index in [0.29, 0.717) is 5.75 Å². The minimum absolute atomic E-state index is 0. The van der Waals surface area contributed by atoms with Crippen molar-refractivity contribution in [2.45, 2.75) is 93.0 Å². The second kappa shape index (κ2) is 30.6. The first-order valence-electron chi connectivity index (χ1n) is 14.9. The van der Waals surface area contributed by atoms with E-state index in [0.717, 1.165) is 59.8 Å². The molecule has 3 rings (SSSR count). The maximum Gasteiger partial charge on any atom is 1.00 e. The van der Waals surface area contributed by atoms with Crippen LogP contribution in [-0.4, -0.2) is 57.0 Å². The van der Waals surface area contributed by atoms with Crippen molar-refractivity contribution in [3.8, 4) is 22.6 Å². The molecule has 0 radical (unpaired) electrons. The molecule has 3 aromatic rings. The third-order valence-electron chi connectivity index (χ3n) is 6.41. The normalized spacial score (nSPS) is 9.70. The predicted octanol–water partition coefficient (Wildman–Crippen LogP) is 1.82. The van der Waals surface area contributed by atoms with E-state index in [1.165, 1.54) is 26.0 Å². The smallest absolute Gasteiger partial charge is 1.00 e. The van der Waals surface area contributed by atoms with Gasteiger partial charge in [0.1, 0.15) is 31.7 Å². The van der Waals surface area contributed by atoms with Gasteiger partial charge in [-0.25, -0.2) is 0 Å². The Morgan fingerprint density at radius 1 is 0.774 bits per heavy atom. The number of thioether (sulfide) groups is 2. The molecular weight excluding hydrogens is 1050 g/mol. The SMILES string of the molecule is COC(=O)C(C)(C)Br.COC(=O)C(C)(C)Sc1cc(C)c(O)cc1C.Cc1cc(S)c(C)cc1O.Cc1cc(SC#N)c(C)cc1O.O=CO[O-].[Cs+].[Cs+].[H-]. The second-order valence-electron chi connectivity index (χ2n) is 11.7. The number of thiocyanates is 1. The van der Waals surface area contributed by atoms with Crippen LogP contribution < -0.4 is 143 Å². The first-order chi connectivity index (χ1) is 23.4. The van der Waals surface area contributed by atoms with E-state index in [4.69, 9.17) is 20.1 Å². The molecule has 3 aromatic carbocycles. The van der Waals surface area contributed by atoms with Crippen molar-refractivity contribution in [3.05, 3.63) is 69.8 Å². The van der Waals surface area contributed by atoms with Gasteiger partial charge in [0.05, 0.1) is 14.2 Å². The van der Waals surface area contributed by atoms with Crippen LogP contribution in [0.2, 0.25) is 0 Å². The number of hydrogen-bond acceptors (Lipinski definition) is 14. The number of alkyl halides is 1. The number of rotatable bonds is 6. The van der Waals surface area contributed by atoms with E-state index in [1.54, 1.807) is 32.0 Å². The summed E-state index contributed by atoms with van der Waals surface area (Å²) in [6, 6.07) is 10.7. The molecule has 0 heterocycles. The largest absolute Gasteiger partial charge is 1.00 e. The van der Waals surface area contributed by atoms with Crippen LogP contribution >= 0.6 is 52.1 Å². The third kappa shape index (κ3) is 24.8. The molecule has 0 fully saturated rings. The molecule has 0 saturated carbocycles. The number of aryl methyl sites for hydroxylation is 6. The Hall–Kier alpha value is 0.554. The fraction of sp³-hybridized carbons (Fsp3) is 0.389. The van der Waals surface area contributed by atoms with E-state index < -0.39 is 9.07 Å². The van der Waals surface area contributed by atoms with E-state index in [9.17, 15) is 24.9 Å². The van der Waals surface area contributed by atoms with Crippen molar-refractivity contribution in [2.75, 3.05) is 14.2 Å². The standard InChI is InChI=1S/C13H18O3S.C9H9NOS.C8H10OS.C5H9BrO2.CH2O3.2Cs.H/c1-8-7-11(9(2)6-10(8)14)17-13(3,4)12(15)16-5;1-6-4-9(12-5-10)7(2)3-8(6)11;1-5-4-8(10)6(2)3-7(5)9;1-5(2,6)4(7)8-3;2-1-4-3;;;/h6-7,14H,1-5H3;3-4,11H,1-2H3;3-4,9-10H,1-2H3;1-3H3;1,3H;;;/q;;;;;2*+1;-1/p-1. The molecule has 0 saturated heterocycles. The molecule has 0 aliphatic carbocycles. The van der Waals surface area contributed by atoms with Gasteiger partial charge in [-0.2, -0.15) is 5.26 Å². The van der Waals surface area contributed by atoms with Gasteiger partial charge in [-0.3, -0.25) is 14.4 Å². The first kappa shape index (κ1) is 60.2. The Morgan fingerprint density at radius 3 is 1.45 bits per heavy atom. The zero-order chi connectivity index (χ0) is 40.3. The van der Waals surface area contributed by atoms with Crippen LogP contribution in [0.25, 0.3) is 0 Å². The number of aromatic hydroxyl groups is 3. The Balaban J connectivity index is -0.000000193. The van der Waals surface area contributed by atoms with Crippen molar-refractivity contribution in [2.24, 2.45) is 0 Å². The van der Waals surface area contributed by atoms with E-state index >= 15 is 0 Å². The van der Waals surface area contributed by atoms with Crippen molar-refractivity contribution in [1.82, 2.24) is 0 Å². The van der Waals surface area contributed by atoms with E-state index in [1.807, 2.05) is 79.0 Å². The molecule has 0 atom stereocenters. The summed E-state index contributed by atoms with van der Waals surface area (Å²) in [6.07, 6.45) is 0. The van der Waals surface area contributed by atoms with Crippen LogP contribution in [-0.2, 0) is 28.7 Å². The molecule has 0 bridgehead atoms. The number of carbonyl (C=O) groups is 3. The quantitative estimate of drug-likeness (QED) is 0.0410. The average Bonchev–Trinajstić information content (AvgIpc) is 3.05. The number of halogens is 1. The van der Waals surface area contributed by atoms with Crippen LogP contribution in [0.5, 0.6) is 17.2 Å². The van der Waals surface area contributed by atoms with Crippen LogP contribution in [0.1, 0.15) is 62.5 Å². The Labute approximate surface area is 455 Å². The molecule has 53 heavy (non-hydrogen) atoms. The van der Waals surface area contributed by atoms with E-state index in [-0.39, 0.29) is 169 Å². The number of methoxy groups -OCH3 is 2. The summed E-state index contributed by atoms with van der Waals surface area (Å²) in [5, 5.41) is 47.0. The summed E-state index contributed by atoms with van der Waals surface area (Å²) in [5.41, 5.74) is 5.37. The van der Waals surface area contributed by atoms with Crippen molar-refractivity contribution in [3.63, 3.8) is 0 Å². The van der Waals surface area contributed by atoms with Gasteiger partial charge >= 0.3 is 150 Å². The van der Waals surface area contributed by atoms with Crippen molar-refractivity contribution < 1.29 is 189 Å². The van der Waals surface area contributed by atoms with Crippen LogP contribution in [0.3, 0.4) is 0 Å². The first-order valence-corrected chi connectivity index (χ1v) is 17.7. The maximum atomic E-state index is 11.6. The van der Waals surface area contributed by atoms with Gasteiger partial charge in [-0.15, -0.1) is 24.4 Å². The molecular formula is C36H48BrCs2NO10S3. The molecule has 0 spiro atoms. The Morgan fingerprint density at radius 2 is 1.13 bits per heavy atom. The second-order valence-corrected chi connectivity index (χ2v) is 16.6. The topological polar surface area (TPSA) is 186 Å². The van der Waals surface area contributed by atoms with Gasteiger partial charge in [0.2, 0.25) is 0 Å². The van der Waals surface area contributed by atoms with Crippen LogP contribution in [0.4, 0.5) is 0 Å². The molecule has 3 N–H and O–H groups in total. The Kier molecular flexibility index (Phi) is 34.8. The molecule has 284 valence electrons. The zero-order valence-electron chi connectivity index (χ0n) is 33.8. The number of nitrogens with zero attached hydrogens (tertiary/aromatic N) is 1. The number of carbonyl (C=O) groups excluding carboxylic acids is 3. The average molecular weight is 1100 g/mol. The fourth-order valence-electron chi connectivity index (χ4n) is 3.41. The summed E-state index contributed by atoms with van der Waals surface area (Å²) in [6.45, 7) is 18.2. The molecule has 17 heteroatoms. The number of thiol groups is 1. The zero-order valence-corrected chi connectivity index (χ0v) is 49.5. The van der Waals surface area contributed by atoms with Gasteiger partial charge in [0.25, 0.3) is 6.47 Å². The molecule has 0 aromatic heterocycles. The summed E-state index contributed by atoms with van der Waals surface area (Å²) in [7, 11) is 2.75. The van der Waals surface area contributed by atoms with Gasteiger partial charge < -0.3 is 36.4 Å². The Bertz CT molecular complexity index is 1620. The van der Waals surface area contributed by atoms with E-state index in [2.05, 4.69) is 38.2 Å². The van der Waals surface area contributed by atoms with Gasteiger partial charge in [0.15, 0.2) is 0 Å². The van der Waals surface area contributed by atoms with Crippen LogP contribution in [0.15, 0.2) is 51.1 Å². The van der Waals surface area contributed by atoms with Gasteiger partial charge in [0, 0.05) is 14.7 Å². The van der Waals surface area contributed by atoms with Crippen molar-refractivity contribution >= 4 is 70.5 Å². The molecule has 0 aliphatic heterocycles. The van der Waals surface area contributed by atoms with Gasteiger partial charge in [-0.05, 0) is 151 Å². The summed E-state index contributed by atoms with van der Waals surface area (Å²) in [4.78, 5) is 36.2. The number of phenolic OH excluding ortho intramolecular Hbond substituents is 3. The molecule has 0 aliphatic rings. The summed E-state index contributed by atoms with van der Waals surface area (Å²) in [5.74, 6) is 0.401. The number of hydrogen-bond donors (Lipinski definition) is 4. The third-order valence-corrected chi connectivity index (χ3v) is 9.30. The maximum absolute atomic E-state index is 11.6. The number of nitriles is 1. The fourth-order valence-corrected chi connectivity index (χ4v) is 5.55. The number of phenols is 3. The minimum atomic E-state index is -0.636. The summed E-state index contributed by atoms with van der Waals surface area (Å²) < 4.78 is 8.02. The van der Waals surface area contributed by atoms with Gasteiger partial charge in [-0.1, -0.05) is 15.9 Å². The van der Waals surface area contributed by atoms with Crippen molar-refractivity contribution in [1.29, 1.82) is 5.26 Å². The minimum Gasteiger partial charge on any atom is -1.00 e. The number of esters is 2. The molecule has 11 nitrogen and oxygen atoms in total.